The van der Waals surface area contributed by atoms with Crippen molar-refractivity contribution in [3.8, 4) is 0 Å². The number of amides is 5. The lowest BCUT2D eigenvalue weighted by Gasteiger charge is -2.27. The molecule has 3 aromatic rings. The average molecular weight is 700 g/mol. The number of nitrogens with two attached hydrogens (primary N) is 1. The second-order valence-electron chi connectivity index (χ2n) is 11.3. The van der Waals surface area contributed by atoms with E-state index in [-0.39, 0.29) is 55.0 Å². The quantitative estimate of drug-likeness (QED) is 0.256. The third kappa shape index (κ3) is 8.75. The molecule has 0 spiro atoms. The van der Waals surface area contributed by atoms with Crippen molar-refractivity contribution in [1.82, 2.24) is 10.2 Å². The highest BCUT2D eigenvalue weighted by molar-refractivity contribution is 7.18. The zero-order valence-corrected chi connectivity index (χ0v) is 27.5. The Bertz CT molecular complexity index is 1660. The third-order valence-electron chi connectivity index (χ3n) is 7.86. The lowest BCUT2D eigenvalue weighted by molar-refractivity contribution is -0.129. The second-order valence-corrected chi connectivity index (χ2v) is 13.0. The van der Waals surface area contributed by atoms with E-state index in [0.29, 0.717) is 42.4 Å². The fourth-order valence-electron chi connectivity index (χ4n) is 5.39. The van der Waals surface area contributed by atoms with Gasteiger partial charge in [-0.3, -0.25) is 29.0 Å². The lowest BCUT2D eigenvalue weighted by Crippen LogP contribution is -2.43. The number of imide groups is 1. The number of morpholine rings is 1. The molecule has 2 atom stereocenters. The summed E-state index contributed by atoms with van der Waals surface area (Å²) in [6.45, 7) is 0.404. The first-order valence-corrected chi connectivity index (χ1v) is 16.6. The largest absolute Gasteiger partial charge is 0.442 e. The predicted molar refractivity (Wildman–Crippen MR) is 178 cm³/mol. The van der Waals surface area contributed by atoms with Crippen molar-refractivity contribution in [1.29, 1.82) is 0 Å². The number of ether oxygens (including phenoxy) is 2. The van der Waals surface area contributed by atoms with Crippen molar-refractivity contribution in [2.24, 2.45) is 5.73 Å². The summed E-state index contributed by atoms with van der Waals surface area (Å²) in [5.41, 5.74) is 7.25. The molecule has 1 aromatic heterocycles. The summed E-state index contributed by atoms with van der Waals surface area (Å²) in [4.78, 5) is 68.0. The van der Waals surface area contributed by atoms with E-state index >= 15 is 4.39 Å². The highest BCUT2D eigenvalue weighted by Gasteiger charge is 2.38. The van der Waals surface area contributed by atoms with E-state index in [4.69, 9.17) is 26.8 Å². The van der Waals surface area contributed by atoms with Crippen LogP contribution in [0.25, 0.3) is 0 Å². The minimum Gasteiger partial charge on any atom is -0.442 e. The van der Waals surface area contributed by atoms with E-state index in [0.717, 1.165) is 26.7 Å². The molecule has 2 fully saturated rings. The highest BCUT2D eigenvalue weighted by atomic mass is 35.5. The van der Waals surface area contributed by atoms with Crippen LogP contribution in [0.5, 0.6) is 0 Å². The number of carbonyl (C=O) groups excluding carboxylic acids is 5. The molecule has 12 nitrogen and oxygen atoms in total. The molecule has 2 aliphatic heterocycles. The van der Waals surface area contributed by atoms with Crippen molar-refractivity contribution in [3.63, 3.8) is 0 Å². The van der Waals surface area contributed by atoms with Gasteiger partial charge in [-0.2, -0.15) is 0 Å². The number of rotatable bonds is 13. The molecule has 254 valence electrons. The van der Waals surface area contributed by atoms with Crippen LogP contribution in [0, 0.1) is 5.82 Å². The fraction of sp³-hybridized carbons (Fsp3) is 0.364. The number of unbranched alkanes of at least 4 members (excludes halogenated alkanes) is 1. The van der Waals surface area contributed by atoms with Gasteiger partial charge in [-0.15, -0.1) is 11.3 Å². The number of hydrogen-bond acceptors (Lipinski definition) is 9. The van der Waals surface area contributed by atoms with E-state index in [2.05, 4.69) is 5.32 Å². The zero-order valence-electron chi connectivity index (χ0n) is 25.9. The monoisotopic (exact) mass is 699 g/mol. The number of anilines is 2. The number of hydrogen-bond donors (Lipinski definition) is 2. The molecule has 0 saturated carbocycles. The highest BCUT2D eigenvalue weighted by Crippen LogP contribution is 2.30. The van der Waals surface area contributed by atoms with Crippen LogP contribution in [0.4, 0.5) is 20.6 Å². The molecule has 48 heavy (non-hydrogen) atoms. The summed E-state index contributed by atoms with van der Waals surface area (Å²) in [7, 11) is 0. The van der Waals surface area contributed by atoms with E-state index in [1.165, 1.54) is 29.2 Å². The summed E-state index contributed by atoms with van der Waals surface area (Å²) in [5, 5.41) is 2.78. The van der Waals surface area contributed by atoms with E-state index in [1.54, 1.807) is 6.07 Å². The third-order valence-corrected chi connectivity index (χ3v) is 9.08. The summed E-state index contributed by atoms with van der Waals surface area (Å²) in [6, 6.07) is 15.8. The van der Waals surface area contributed by atoms with Crippen LogP contribution < -0.4 is 20.9 Å². The smallest absolute Gasteiger partial charge is 0.414 e. The maximum absolute atomic E-state index is 15.2. The van der Waals surface area contributed by atoms with Gasteiger partial charge >= 0.3 is 6.09 Å². The van der Waals surface area contributed by atoms with Gasteiger partial charge < -0.3 is 25.4 Å². The van der Waals surface area contributed by atoms with Gasteiger partial charge in [0, 0.05) is 25.2 Å². The molecule has 0 radical (unpaired) electrons. The van der Waals surface area contributed by atoms with Crippen LogP contribution >= 0.6 is 22.9 Å². The van der Waals surface area contributed by atoms with E-state index in [9.17, 15) is 24.0 Å². The van der Waals surface area contributed by atoms with Crippen molar-refractivity contribution in [2.75, 3.05) is 49.2 Å². The Balaban J connectivity index is 1.17. The molecule has 5 amide bonds. The summed E-state index contributed by atoms with van der Waals surface area (Å²) >= 11 is 7.05. The Hall–Kier alpha value is -4.37. The van der Waals surface area contributed by atoms with Crippen LogP contribution in [0.2, 0.25) is 4.34 Å². The number of carbonyl (C=O) groups is 5. The Morgan fingerprint density at radius 1 is 1.08 bits per heavy atom. The van der Waals surface area contributed by atoms with Crippen LogP contribution in [0.3, 0.4) is 0 Å². The van der Waals surface area contributed by atoms with Gasteiger partial charge in [-0.05, 0) is 55.2 Å². The molecule has 2 aliphatic rings. The number of cyclic esters (lactones) is 1. The predicted octanol–water partition coefficient (Wildman–Crippen LogP) is 3.75. The van der Waals surface area contributed by atoms with Crippen molar-refractivity contribution >= 4 is 64.0 Å². The second kappa shape index (κ2) is 16.2. The number of halogens is 2. The summed E-state index contributed by atoms with van der Waals surface area (Å²) in [5.74, 6) is -2.45. The first-order chi connectivity index (χ1) is 23.1. The van der Waals surface area contributed by atoms with Crippen molar-refractivity contribution in [2.45, 2.75) is 37.8 Å². The SMILES string of the molecule is NC(Cc1ccccc1)C(=O)NCCCCC(=O)N(CC1CN(c2ccc(N3CCOCC3=O)cc2F)C(=O)O1)C(=O)c1ccc(Cl)s1. The molecule has 5 rings (SSSR count). The molecular formula is C33H35ClFN5O7S. The van der Waals surface area contributed by atoms with Gasteiger partial charge in [0.25, 0.3) is 11.8 Å². The van der Waals surface area contributed by atoms with Crippen LogP contribution in [-0.2, 0) is 30.3 Å². The van der Waals surface area contributed by atoms with Gasteiger partial charge in [0.15, 0.2) is 0 Å². The molecular weight excluding hydrogens is 665 g/mol. The van der Waals surface area contributed by atoms with E-state index < -0.39 is 35.9 Å². The first-order valence-electron chi connectivity index (χ1n) is 15.4. The maximum Gasteiger partial charge on any atom is 0.414 e. The number of thiophene rings is 1. The van der Waals surface area contributed by atoms with Crippen molar-refractivity contribution in [3.05, 3.63) is 81.3 Å². The molecule has 15 heteroatoms. The van der Waals surface area contributed by atoms with Gasteiger partial charge in [0.2, 0.25) is 11.8 Å². The molecule has 2 aromatic carbocycles. The Morgan fingerprint density at radius 2 is 1.88 bits per heavy atom. The van der Waals surface area contributed by atoms with Gasteiger partial charge in [-0.25, -0.2) is 9.18 Å². The molecule has 3 heterocycles. The first kappa shape index (κ1) is 35.0. The Kier molecular flexibility index (Phi) is 11.8. The van der Waals surface area contributed by atoms with Gasteiger partial charge in [0.05, 0.1) is 40.6 Å². The van der Waals surface area contributed by atoms with Gasteiger partial charge in [-0.1, -0.05) is 41.9 Å². The van der Waals surface area contributed by atoms with E-state index in [1.807, 2.05) is 30.3 Å². The molecule has 2 unspecified atom stereocenters. The number of nitrogens with one attached hydrogen (secondary N) is 1. The number of benzene rings is 2. The van der Waals surface area contributed by atoms with Gasteiger partial charge in [0.1, 0.15) is 18.5 Å². The minimum atomic E-state index is -0.939. The Morgan fingerprint density at radius 3 is 2.58 bits per heavy atom. The fourth-order valence-corrected chi connectivity index (χ4v) is 6.38. The van der Waals surface area contributed by atoms with Crippen LogP contribution in [0.1, 0.15) is 34.5 Å². The lowest BCUT2D eigenvalue weighted by atomic mass is 10.1. The molecule has 3 N–H and O–H groups in total. The topological polar surface area (TPSA) is 152 Å². The molecule has 0 aliphatic carbocycles. The molecule has 0 bridgehead atoms. The van der Waals surface area contributed by atoms with Crippen LogP contribution in [-0.4, -0.2) is 86.2 Å². The normalized spacial score (nSPS) is 16.9. The standard InChI is InChI=1S/C33H35ClFN5O7S/c34-28-12-11-27(48-28)32(44)40(29(41)8-4-5-13-37-31(43)25(36)16-21-6-2-1-3-7-21)19-23-18-39(33(45)47-23)26-10-9-22(17-24(26)35)38-14-15-46-20-30(38)42/h1-3,6-7,9-12,17,23,25H,4-5,8,13-16,18-20,36H2,(H,37,43). The summed E-state index contributed by atoms with van der Waals surface area (Å²) in [6.07, 6.45) is -0.578. The van der Waals surface area contributed by atoms with Crippen molar-refractivity contribution < 1.29 is 37.8 Å². The number of nitrogens with zero attached hydrogens (tertiary/aromatic N) is 3. The Labute approximate surface area is 285 Å². The molecule has 2 saturated heterocycles. The summed E-state index contributed by atoms with van der Waals surface area (Å²) < 4.78 is 26.2. The minimum absolute atomic E-state index is 0.0164. The maximum atomic E-state index is 15.2. The van der Waals surface area contributed by atoms with Crippen LogP contribution in [0.15, 0.2) is 60.7 Å². The average Bonchev–Trinajstić information content (AvgIpc) is 3.68. The zero-order chi connectivity index (χ0) is 34.2.